The van der Waals surface area contributed by atoms with E-state index in [4.69, 9.17) is 9.47 Å². The van der Waals surface area contributed by atoms with Crippen molar-refractivity contribution in [2.75, 3.05) is 0 Å². The predicted octanol–water partition coefficient (Wildman–Crippen LogP) is 1.46. The lowest BCUT2D eigenvalue weighted by Gasteiger charge is -2.44. The van der Waals surface area contributed by atoms with Gasteiger partial charge in [-0.2, -0.15) is 0 Å². The maximum Gasteiger partial charge on any atom is 0.305 e. The zero-order valence-corrected chi connectivity index (χ0v) is 11.7. The van der Waals surface area contributed by atoms with E-state index >= 15 is 0 Å². The number of hydrogen-bond donors (Lipinski definition) is 1. The highest BCUT2D eigenvalue weighted by atomic mass is 16.7. The molecule has 0 bridgehead atoms. The van der Waals surface area contributed by atoms with E-state index in [9.17, 15) is 9.59 Å². The normalized spacial score (nSPS) is 35.9. The van der Waals surface area contributed by atoms with Crippen LogP contribution in [-0.4, -0.2) is 30.3 Å². The van der Waals surface area contributed by atoms with Gasteiger partial charge in [-0.3, -0.25) is 9.59 Å². The Morgan fingerprint density at radius 2 is 1.83 bits per heavy atom. The second-order valence-corrected chi connectivity index (χ2v) is 5.01. The Morgan fingerprint density at radius 3 is 2.28 bits per heavy atom. The standard InChI is InChI=1S/C13H23NO4/c1-6-11-7(2)8(3)12(14-9(4)15)13(18-11)17-10(5)16/h7-8,11-13H,6H2,1-5H3,(H,14,15)/t7-,8-,11?,12?,13+/m0/s1. The largest absolute Gasteiger partial charge is 0.434 e. The van der Waals surface area contributed by atoms with Crippen LogP contribution in [0.15, 0.2) is 0 Å². The van der Waals surface area contributed by atoms with Crippen molar-refractivity contribution in [2.45, 2.75) is 59.5 Å². The van der Waals surface area contributed by atoms with Gasteiger partial charge in [-0.1, -0.05) is 20.8 Å². The molecule has 1 heterocycles. The van der Waals surface area contributed by atoms with Crippen molar-refractivity contribution >= 4 is 11.9 Å². The summed E-state index contributed by atoms with van der Waals surface area (Å²) in [7, 11) is 0. The fourth-order valence-corrected chi connectivity index (χ4v) is 2.46. The van der Waals surface area contributed by atoms with Crippen LogP contribution in [0, 0.1) is 11.8 Å². The van der Waals surface area contributed by atoms with E-state index in [1.54, 1.807) is 0 Å². The molecule has 104 valence electrons. The Hall–Kier alpha value is -1.10. The molecule has 0 aromatic carbocycles. The van der Waals surface area contributed by atoms with Gasteiger partial charge in [0.25, 0.3) is 0 Å². The number of rotatable bonds is 3. The van der Waals surface area contributed by atoms with Gasteiger partial charge in [0, 0.05) is 13.8 Å². The maximum absolute atomic E-state index is 11.2. The van der Waals surface area contributed by atoms with Gasteiger partial charge in [0.2, 0.25) is 12.2 Å². The molecule has 1 N–H and O–H groups in total. The third-order valence-electron chi connectivity index (χ3n) is 3.64. The van der Waals surface area contributed by atoms with Crippen LogP contribution in [0.4, 0.5) is 0 Å². The minimum atomic E-state index is -0.692. The van der Waals surface area contributed by atoms with Crippen LogP contribution in [0.25, 0.3) is 0 Å². The molecule has 1 amide bonds. The Labute approximate surface area is 108 Å². The highest BCUT2D eigenvalue weighted by Gasteiger charge is 2.42. The number of amides is 1. The minimum Gasteiger partial charge on any atom is -0.434 e. The third kappa shape index (κ3) is 3.45. The highest BCUT2D eigenvalue weighted by Crippen LogP contribution is 2.32. The summed E-state index contributed by atoms with van der Waals surface area (Å²) >= 11 is 0. The fourth-order valence-electron chi connectivity index (χ4n) is 2.46. The van der Waals surface area contributed by atoms with E-state index in [0.717, 1.165) is 6.42 Å². The van der Waals surface area contributed by atoms with Crippen molar-refractivity contribution in [3.8, 4) is 0 Å². The minimum absolute atomic E-state index is 0.0503. The molecule has 5 atom stereocenters. The number of carbonyl (C=O) groups is 2. The summed E-state index contributed by atoms with van der Waals surface area (Å²) < 4.78 is 11.0. The highest BCUT2D eigenvalue weighted by molar-refractivity contribution is 5.73. The lowest BCUT2D eigenvalue weighted by atomic mass is 9.81. The monoisotopic (exact) mass is 257 g/mol. The van der Waals surface area contributed by atoms with Crippen LogP contribution in [-0.2, 0) is 19.1 Å². The van der Waals surface area contributed by atoms with Gasteiger partial charge >= 0.3 is 5.97 Å². The van der Waals surface area contributed by atoms with Crippen molar-refractivity contribution in [2.24, 2.45) is 11.8 Å². The Morgan fingerprint density at radius 1 is 1.22 bits per heavy atom. The number of nitrogens with one attached hydrogen (secondary N) is 1. The van der Waals surface area contributed by atoms with Crippen LogP contribution in [0.2, 0.25) is 0 Å². The SMILES string of the molecule is CCC1O[C@@H](OC(C)=O)C(NC(C)=O)[C@@H](C)[C@@H]1C. The molecule has 1 aliphatic rings. The van der Waals surface area contributed by atoms with Crippen molar-refractivity contribution in [3.63, 3.8) is 0 Å². The molecule has 0 aromatic rings. The Kier molecular flexibility index (Phi) is 5.14. The molecule has 1 saturated heterocycles. The summed E-state index contributed by atoms with van der Waals surface area (Å²) in [5, 5.41) is 2.82. The molecule has 5 nitrogen and oxygen atoms in total. The number of hydrogen-bond acceptors (Lipinski definition) is 4. The molecule has 0 saturated carbocycles. The van der Waals surface area contributed by atoms with Gasteiger partial charge in [0.05, 0.1) is 12.1 Å². The summed E-state index contributed by atoms with van der Waals surface area (Å²) in [6.45, 7) is 8.98. The summed E-state index contributed by atoms with van der Waals surface area (Å²) in [6.07, 6.45) is 0.215. The zero-order chi connectivity index (χ0) is 13.9. The number of ether oxygens (including phenoxy) is 2. The first kappa shape index (κ1) is 15.0. The molecule has 0 aromatic heterocycles. The van der Waals surface area contributed by atoms with Gasteiger partial charge in [-0.05, 0) is 18.3 Å². The second-order valence-electron chi connectivity index (χ2n) is 5.01. The van der Waals surface area contributed by atoms with Gasteiger partial charge < -0.3 is 14.8 Å². The first-order valence-corrected chi connectivity index (χ1v) is 6.46. The van der Waals surface area contributed by atoms with Gasteiger partial charge in [0.1, 0.15) is 0 Å². The molecule has 0 spiro atoms. The lowest BCUT2D eigenvalue weighted by molar-refractivity contribution is -0.231. The van der Waals surface area contributed by atoms with Crippen LogP contribution in [0.1, 0.15) is 41.0 Å². The van der Waals surface area contributed by atoms with Gasteiger partial charge in [-0.25, -0.2) is 0 Å². The summed E-state index contributed by atoms with van der Waals surface area (Å²) in [5.74, 6) is -0.0442. The molecule has 1 rings (SSSR count). The van der Waals surface area contributed by atoms with E-state index < -0.39 is 12.3 Å². The summed E-state index contributed by atoms with van der Waals surface area (Å²) in [6, 6.07) is -0.288. The van der Waals surface area contributed by atoms with Crippen LogP contribution >= 0.6 is 0 Å². The molecule has 18 heavy (non-hydrogen) atoms. The molecule has 0 radical (unpaired) electrons. The van der Waals surface area contributed by atoms with E-state index in [1.165, 1.54) is 13.8 Å². The zero-order valence-electron chi connectivity index (χ0n) is 11.7. The molecule has 1 fully saturated rings. The lowest BCUT2D eigenvalue weighted by Crippen LogP contribution is -2.57. The van der Waals surface area contributed by atoms with E-state index in [0.29, 0.717) is 5.92 Å². The first-order chi connectivity index (χ1) is 8.36. The van der Waals surface area contributed by atoms with Crippen molar-refractivity contribution < 1.29 is 19.1 Å². The molecule has 2 unspecified atom stereocenters. The van der Waals surface area contributed by atoms with Crippen molar-refractivity contribution in [1.82, 2.24) is 5.32 Å². The molecular formula is C13H23NO4. The van der Waals surface area contributed by atoms with E-state index in [2.05, 4.69) is 12.2 Å². The van der Waals surface area contributed by atoms with Crippen LogP contribution in [0.5, 0.6) is 0 Å². The van der Waals surface area contributed by atoms with Crippen LogP contribution < -0.4 is 5.32 Å². The average molecular weight is 257 g/mol. The number of carbonyl (C=O) groups excluding carboxylic acids is 2. The summed E-state index contributed by atoms with van der Waals surface area (Å²) in [4.78, 5) is 22.4. The fraction of sp³-hybridized carbons (Fsp3) is 0.846. The molecule has 1 aliphatic heterocycles. The number of esters is 1. The molecular weight excluding hydrogens is 234 g/mol. The third-order valence-corrected chi connectivity index (χ3v) is 3.64. The van der Waals surface area contributed by atoms with Gasteiger partial charge in [-0.15, -0.1) is 0 Å². The Bertz CT molecular complexity index is 318. The predicted molar refractivity (Wildman–Crippen MR) is 66.7 cm³/mol. The van der Waals surface area contributed by atoms with E-state index in [-0.39, 0.29) is 24.0 Å². The second kappa shape index (κ2) is 6.18. The Balaban J connectivity index is 2.86. The molecule has 0 aliphatic carbocycles. The first-order valence-electron chi connectivity index (χ1n) is 6.46. The summed E-state index contributed by atoms with van der Waals surface area (Å²) in [5.41, 5.74) is 0. The van der Waals surface area contributed by atoms with E-state index in [1.807, 2.05) is 13.8 Å². The van der Waals surface area contributed by atoms with Crippen LogP contribution in [0.3, 0.4) is 0 Å². The topological polar surface area (TPSA) is 64.6 Å². The smallest absolute Gasteiger partial charge is 0.305 e. The van der Waals surface area contributed by atoms with Gasteiger partial charge in [0.15, 0.2) is 0 Å². The van der Waals surface area contributed by atoms with Crippen molar-refractivity contribution in [3.05, 3.63) is 0 Å². The average Bonchev–Trinajstić information content (AvgIpc) is 2.27. The maximum atomic E-state index is 11.2. The van der Waals surface area contributed by atoms with Crippen molar-refractivity contribution in [1.29, 1.82) is 0 Å². The quantitative estimate of drug-likeness (QED) is 0.777. The molecule has 5 heteroatoms.